The minimum atomic E-state index is -0.357. The number of pyridine rings is 1. The molecule has 1 N–H and O–H groups in total. The van der Waals surface area contributed by atoms with Gasteiger partial charge in [0.15, 0.2) is 5.75 Å². The first-order valence-corrected chi connectivity index (χ1v) is 6.74. The van der Waals surface area contributed by atoms with E-state index in [0.29, 0.717) is 5.69 Å². The molecule has 0 amide bonds. The number of hydrogen-bond acceptors (Lipinski definition) is 2. The predicted molar refractivity (Wildman–Crippen MR) is 83.9 cm³/mol. The average Bonchev–Trinajstić information content (AvgIpc) is 2.54. The van der Waals surface area contributed by atoms with E-state index in [-0.39, 0.29) is 11.2 Å². The van der Waals surface area contributed by atoms with Gasteiger partial charge in [0.05, 0.1) is 5.69 Å². The molecule has 21 heavy (non-hydrogen) atoms. The van der Waals surface area contributed by atoms with Crippen molar-refractivity contribution in [3.8, 4) is 22.6 Å². The topological polar surface area (TPSA) is 42.2 Å². The van der Waals surface area contributed by atoms with Crippen molar-refractivity contribution >= 4 is 0 Å². The second-order valence-corrected chi connectivity index (χ2v) is 4.90. The number of hydrogen-bond donors (Lipinski definition) is 1. The Morgan fingerprint density at radius 3 is 2.14 bits per heavy atom. The van der Waals surface area contributed by atoms with Crippen LogP contribution in [0.1, 0.15) is 5.69 Å². The molecule has 0 saturated carbocycles. The van der Waals surface area contributed by atoms with E-state index >= 15 is 0 Å². The molecule has 0 aliphatic heterocycles. The summed E-state index contributed by atoms with van der Waals surface area (Å²) < 4.78 is 1.80. The second kappa shape index (κ2) is 5.29. The fourth-order valence-electron chi connectivity index (χ4n) is 2.35. The quantitative estimate of drug-likeness (QED) is 0.778. The van der Waals surface area contributed by atoms with Gasteiger partial charge in [-0.05, 0) is 30.2 Å². The highest BCUT2D eigenvalue weighted by Gasteiger charge is 2.06. The first kappa shape index (κ1) is 13.2. The summed E-state index contributed by atoms with van der Waals surface area (Å²) >= 11 is 0. The zero-order chi connectivity index (χ0) is 14.8. The summed E-state index contributed by atoms with van der Waals surface area (Å²) in [5, 5.41) is 9.75. The molecular weight excluding hydrogens is 262 g/mol. The summed E-state index contributed by atoms with van der Waals surface area (Å²) in [5.74, 6) is -0.204. The van der Waals surface area contributed by atoms with E-state index in [1.54, 1.807) is 17.7 Å². The van der Waals surface area contributed by atoms with Gasteiger partial charge in [0.1, 0.15) is 0 Å². The van der Waals surface area contributed by atoms with Crippen molar-refractivity contribution < 1.29 is 5.11 Å². The molecule has 3 nitrogen and oxygen atoms in total. The van der Waals surface area contributed by atoms with Crippen LogP contribution in [-0.4, -0.2) is 9.67 Å². The van der Waals surface area contributed by atoms with Gasteiger partial charge in [-0.15, -0.1) is 0 Å². The molecular formula is C18H15NO2. The summed E-state index contributed by atoms with van der Waals surface area (Å²) in [7, 11) is 0. The van der Waals surface area contributed by atoms with Crippen LogP contribution in [-0.2, 0) is 0 Å². The number of nitrogens with zero attached hydrogens (tertiary/aromatic N) is 1. The highest BCUT2D eigenvalue weighted by atomic mass is 16.3. The van der Waals surface area contributed by atoms with Gasteiger partial charge < -0.3 is 9.67 Å². The van der Waals surface area contributed by atoms with Crippen LogP contribution in [0.25, 0.3) is 16.8 Å². The third kappa shape index (κ3) is 2.46. The summed E-state index contributed by atoms with van der Waals surface area (Å²) in [5.41, 5.74) is 3.37. The Morgan fingerprint density at radius 1 is 0.857 bits per heavy atom. The van der Waals surface area contributed by atoms with E-state index in [0.717, 1.165) is 16.8 Å². The van der Waals surface area contributed by atoms with Crippen molar-refractivity contribution in [1.82, 2.24) is 4.57 Å². The molecule has 1 heterocycles. The van der Waals surface area contributed by atoms with Crippen LogP contribution in [0.3, 0.4) is 0 Å². The van der Waals surface area contributed by atoms with E-state index in [2.05, 4.69) is 12.1 Å². The Kier molecular flexibility index (Phi) is 3.32. The Morgan fingerprint density at radius 2 is 1.48 bits per heavy atom. The maximum atomic E-state index is 11.4. The smallest absolute Gasteiger partial charge is 0.223 e. The van der Waals surface area contributed by atoms with Crippen LogP contribution in [0.4, 0.5) is 0 Å². The van der Waals surface area contributed by atoms with Crippen LogP contribution in [0.2, 0.25) is 0 Å². The van der Waals surface area contributed by atoms with E-state index in [4.69, 9.17) is 0 Å². The SMILES string of the molecule is Cc1c(O)c(=O)ccn1-c1ccc(-c2ccccc2)cc1. The lowest BCUT2D eigenvalue weighted by molar-refractivity contribution is 0.459. The molecule has 0 spiro atoms. The van der Waals surface area contributed by atoms with Crippen molar-refractivity contribution in [3.05, 3.63) is 82.8 Å². The van der Waals surface area contributed by atoms with E-state index in [1.165, 1.54) is 6.07 Å². The molecule has 104 valence electrons. The maximum absolute atomic E-state index is 11.4. The molecule has 0 aliphatic rings. The zero-order valence-electron chi connectivity index (χ0n) is 11.7. The average molecular weight is 277 g/mol. The number of rotatable bonds is 2. The van der Waals surface area contributed by atoms with Crippen LogP contribution in [0.5, 0.6) is 5.75 Å². The Hall–Kier alpha value is -2.81. The van der Waals surface area contributed by atoms with Crippen LogP contribution < -0.4 is 5.43 Å². The molecule has 0 bridgehead atoms. The summed E-state index contributed by atoms with van der Waals surface area (Å²) in [6.45, 7) is 1.72. The molecule has 0 fully saturated rings. The molecule has 0 atom stereocenters. The summed E-state index contributed by atoms with van der Waals surface area (Å²) in [4.78, 5) is 11.4. The van der Waals surface area contributed by atoms with Crippen LogP contribution in [0, 0.1) is 6.92 Å². The standard InChI is InChI=1S/C18H15NO2/c1-13-18(21)17(20)11-12-19(13)16-9-7-15(8-10-16)14-5-3-2-4-6-14/h2-12,21H,1H3. The van der Waals surface area contributed by atoms with Gasteiger partial charge in [0, 0.05) is 18.0 Å². The van der Waals surface area contributed by atoms with E-state index in [1.807, 2.05) is 42.5 Å². The van der Waals surface area contributed by atoms with Crippen molar-refractivity contribution in [2.75, 3.05) is 0 Å². The van der Waals surface area contributed by atoms with Crippen LogP contribution >= 0.6 is 0 Å². The molecule has 2 aromatic carbocycles. The monoisotopic (exact) mass is 277 g/mol. The molecule has 0 aliphatic carbocycles. The largest absolute Gasteiger partial charge is 0.503 e. The molecule has 3 heteroatoms. The third-order valence-electron chi connectivity index (χ3n) is 3.57. The van der Waals surface area contributed by atoms with Crippen molar-refractivity contribution in [3.63, 3.8) is 0 Å². The molecule has 0 saturated heterocycles. The molecule has 0 unspecified atom stereocenters. The number of aromatic hydroxyl groups is 1. The lowest BCUT2D eigenvalue weighted by Gasteiger charge is -2.12. The van der Waals surface area contributed by atoms with Gasteiger partial charge in [0.2, 0.25) is 5.43 Å². The normalized spacial score (nSPS) is 10.5. The molecule has 0 radical (unpaired) electrons. The van der Waals surface area contributed by atoms with Gasteiger partial charge in [-0.1, -0.05) is 42.5 Å². The minimum absolute atomic E-state index is 0.204. The Labute approximate surface area is 122 Å². The van der Waals surface area contributed by atoms with E-state index in [9.17, 15) is 9.90 Å². The second-order valence-electron chi connectivity index (χ2n) is 4.90. The lowest BCUT2D eigenvalue weighted by atomic mass is 10.1. The number of benzene rings is 2. The van der Waals surface area contributed by atoms with Gasteiger partial charge in [-0.25, -0.2) is 0 Å². The predicted octanol–water partition coefficient (Wildman–Crippen LogP) is 3.52. The first-order chi connectivity index (χ1) is 10.2. The van der Waals surface area contributed by atoms with Gasteiger partial charge >= 0.3 is 0 Å². The highest BCUT2D eigenvalue weighted by Crippen LogP contribution is 2.22. The molecule has 1 aromatic heterocycles. The van der Waals surface area contributed by atoms with Crippen LogP contribution in [0.15, 0.2) is 71.7 Å². The Balaban J connectivity index is 2.02. The van der Waals surface area contributed by atoms with Gasteiger partial charge in [-0.2, -0.15) is 0 Å². The highest BCUT2D eigenvalue weighted by molar-refractivity contribution is 5.64. The summed E-state index contributed by atoms with van der Waals surface area (Å²) in [6, 6.07) is 19.5. The Bertz CT molecular complexity index is 818. The van der Waals surface area contributed by atoms with Crippen molar-refractivity contribution in [2.45, 2.75) is 6.92 Å². The lowest BCUT2D eigenvalue weighted by Crippen LogP contribution is -2.08. The number of aromatic nitrogens is 1. The molecule has 3 aromatic rings. The van der Waals surface area contributed by atoms with Crippen molar-refractivity contribution in [1.29, 1.82) is 0 Å². The van der Waals surface area contributed by atoms with Gasteiger partial charge in [-0.3, -0.25) is 4.79 Å². The van der Waals surface area contributed by atoms with Gasteiger partial charge in [0.25, 0.3) is 0 Å². The summed E-state index contributed by atoms with van der Waals surface area (Å²) in [6.07, 6.45) is 1.68. The van der Waals surface area contributed by atoms with Crippen molar-refractivity contribution in [2.24, 2.45) is 0 Å². The fraction of sp³-hybridized carbons (Fsp3) is 0.0556. The maximum Gasteiger partial charge on any atom is 0.223 e. The fourth-order valence-corrected chi connectivity index (χ4v) is 2.35. The molecule has 3 rings (SSSR count). The minimum Gasteiger partial charge on any atom is -0.503 e. The first-order valence-electron chi connectivity index (χ1n) is 6.74. The van der Waals surface area contributed by atoms with E-state index < -0.39 is 0 Å². The third-order valence-corrected chi connectivity index (χ3v) is 3.57. The zero-order valence-corrected chi connectivity index (χ0v) is 11.7.